The van der Waals surface area contributed by atoms with Crippen molar-refractivity contribution in [1.29, 1.82) is 0 Å². The van der Waals surface area contributed by atoms with Gasteiger partial charge in [0.05, 0.1) is 36.2 Å². The fourth-order valence-electron chi connectivity index (χ4n) is 6.44. The lowest BCUT2D eigenvalue weighted by molar-refractivity contribution is -0.147. The van der Waals surface area contributed by atoms with E-state index in [1.807, 2.05) is 0 Å². The Bertz CT molecular complexity index is 1340. The summed E-state index contributed by atoms with van der Waals surface area (Å²) in [4.78, 5) is 30.8. The summed E-state index contributed by atoms with van der Waals surface area (Å²) >= 11 is 0. The normalized spacial score (nSPS) is 22.2. The minimum absolute atomic E-state index is 0.0620. The van der Waals surface area contributed by atoms with Gasteiger partial charge in [-0.1, -0.05) is 6.07 Å². The van der Waals surface area contributed by atoms with Gasteiger partial charge >= 0.3 is 24.4 Å². The molecule has 2 aromatic carbocycles. The Hall–Kier alpha value is -3.35. The van der Waals surface area contributed by atoms with Crippen molar-refractivity contribution in [2.75, 3.05) is 40.3 Å². The molecule has 0 bridgehead atoms. The summed E-state index contributed by atoms with van der Waals surface area (Å²) in [5, 5.41) is 0. The molecule has 1 aliphatic heterocycles. The van der Waals surface area contributed by atoms with Crippen LogP contribution in [0.1, 0.15) is 72.5 Å². The molecule has 1 aliphatic carbocycles. The highest BCUT2D eigenvalue weighted by atomic mass is 19.4. The van der Waals surface area contributed by atoms with Gasteiger partial charge in [-0.25, -0.2) is 9.18 Å². The molecule has 1 unspecified atom stereocenters. The van der Waals surface area contributed by atoms with Gasteiger partial charge in [0, 0.05) is 33.2 Å². The van der Waals surface area contributed by atoms with E-state index in [0.717, 1.165) is 37.1 Å². The Morgan fingerprint density at radius 1 is 0.956 bits per heavy atom. The minimum Gasteiger partial charge on any atom is -0.469 e. The molecule has 45 heavy (non-hydrogen) atoms. The number of alkyl halides is 6. The Labute approximate surface area is 258 Å². The molecular weight excluding hydrogens is 607 g/mol. The van der Waals surface area contributed by atoms with Crippen LogP contribution in [0.15, 0.2) is 36.4 Å². The van der Waals surface area contributed by atoms with Gasteiger partial charge in [-0.15, -0.1) is 0 Å². The summed E-state index contributed by atoms with van der Waals surface area (Å²) < 4.78 is 100. The van der Waals surface area contributed by atoms with Crippen molar-refractivity contribution >= 4 is 12.0 Å². The van der Waals surface area contributed by atoms with E-state index in [2.05, 4.69) is 4.90 Å². The number of carbonyl (C=O) groups excluding carboxylic acids is 2. The molecule has 6 nitrogen and oxygen atoms in total. The maximum Gasteiger partial charge on any atom is 0.416 e. The van der Waals surface area contributed by atoms with Crippen molar-refractivity contribution in [3.05, 3.63) is 70.0 Å². The first-order valence-electron chi connectivity index (χ1n) is 14.9. The van der Waals surface area contributed by atoms with Gasteiger partial charge in [0.1, 0.15) is 5.82 Å². The standard InChI is InChI=1S/C32H38F7N3O3/c1-19-13-26(33)9-10-27(19)28-18-41(17-21-5-7-22(8-6-21)29(43)45-4)11-12-42(28)30(44)40(3)20(2)23-14-24(31(34,35)36)16-25(15-23)32(37,38)39/h9-10,13-16,20-22,28H,5-8,11-12,17-18H2,1-4H3/t20?,21-,22+,28-/m1/s1. The summed E-state index contributed by atoms with van der Waals surface area (Å²) in [5.74, 6) is -0.433. The number of hydrogen-bond acceptors (Lipinski definition) is 4. The highest BCUT2D eigenvalue weighted by Gasteiger charge is 2.40. The van der Waals surface area contributed by atoms with Crippen LogP contribution in [-0.4, -0.2) is 67.0 Å². The fraction of sp³-hybridized carbons (Fsp3) is 0.562. The molecule has 1 saturated carbocycles. The van der Waals surface area contributed by atoms with Crippen LogP contribution in [0, 0.1) is 24.6 Å². The molecular formula is C32H38F7N3O3. The topological polar surface area (TPSA) is 53.1 Å². The molecule has 4 rings (SSSR count). The van der Waals surface area contributed by atoms with Crippen molar-refractivity contribution < 1.29 is 45.1 Å². The summed E-state index contributed by atoms with van der Waals surface area (Å²) in [7, 11) is 2.73. The Morgan fingerprint density at radius 2 is 1.56 bits per heavy atom. The number of esters is 1. The van der Waals surface area contributed by atoms with Gasteiger partial charge in [-0.2, -0.15) is 26.3 Å². The monoisotopic (exact) mass is 645 g/mol. The number of rotatable bonds is 6. The molecule has 0 spiro atoms. The molecule has 2 aliphatic rings. The average Bonchev–Trinajstić information content (AvgIpc) is 2.99. The summed E-state index contributed by atoms with van der Waals surface area (Å²) in [6, 6.07) is 3.36. The maximum atomic E-state index is 14.0. The quantitative estimate of drug-likeness (QED) is 0.240. The van der Waals surface area contributed by atoms with Gasteiger partial charge in [0.2, 0.25) is 0 Å². The number of methoxy groups -OCH3 is 1. The van der Waals surface area contributed by atoms with Gasteiger partial charge < -0.3 is 14.5 Å². The van der Waals surface area contributed by atoms with Crippen LogP contribution in [0.25, 0.3) is 0 Å². The third kappa shape index (κ3) is 8.09. The molecule has 2 amide bonds. The third-order valence-corrected chi connectivity index (χ3v) is 9.17. The number of halogens is 7. The summed E-state index contributed by atoms with van der Waals surface area (Å²) in [6.45, 7) is 4.96. The van der Waals surface area contributed by atoms with Crippen molar-refractivity contribution in [1.82, 2.24) is 14.7 Å². The lowest BCUT2D eigenvalue weighted by Crippen LogP contribution is -2.54. The second-order valence-corrected chi connectivity index (χ2v) is 12.1. The number of amides is 2. The molecule has 2 fully saturated rings. The number of benzene rings is 2. The van der Waals surface area contributed by atoms with Crippen molar-refractivity contribution in [3.63, 3.8) is 0 Å². The SMILES string of the molecule is COC(=O)[C@H]1CC[C@@H](CN2CCN(C(=O)N(C)C(C)c3cc(C(F)(F)F)cc(C(F)(F)F)c3)[C@@H](c3ccc(F)cc3C)C2)CC1. The second kappa shape index (κ2) is 13.6. The van der Waals surface area contributed by atoms with E-state index in [9.17, 15) is 40.3 Å². The van der Waals surface area contributed by atoms with Crippen LogP contribution in [-0.2, 0) is 21.9 Å². The Kier molecular flexibility index (Phi) is 10.4. The zero-order valence-electron chi connectivity index (χ0n) is 25.6. The second-order valence-electron chi connectivity index (χ2n) is 12.1. The predicted molar refractivity (Wildman–Crippen MR) is 153 cm³/mol. The lowest BCUT2D eigenvalue weighted by Gasteiger charge is -2.45. The zero-order chi connectivity index (χ0) is 33.3. The van der Waals surface area contributed by atoms with Crippen LogP contribution in [0.3, 0.4) is 0 Å². The highest BCUT2D eigenvalue weighted by molar-refractivity contribution is 5.75. The van der Waals surface area contributed by atoms with Crippen molar-refractivity contribution in [2.45, 2.75) is 64.0 Å². The first kappa shape index (κ1) is 34.5. The zero-order valence-corrected chi connectivity index (χ0v) is 25.6. The number of piperazine rings is 1. The summed E-state index contributed by atoms with van der Waals surface area (Å²) in [6.07, 6.45) is -6.89. The van der Waals surface area contributed by atoms with E-state index >= 15 is 0 Å². The minimum atomic E-state index is -5.02. The van der Waals surface area contributed by atoms with Crippen LogP contribution in [0.5, 0.6) is 0 Å². The van der Waals surface area contributed by atoms with Gasteiger partial charge in [-0.3, -0.25) is 9.69 Å². The molecule has 0 aromatic heterocycles. The molecule has 1 heterocycles. The van der Waals surface area contributed by atoms with E-state index in [0.29, 0.717) is 42.3 Å². The molecule has 2 atom stereocenters. The average molecular weight is 646 g/mol. The maximum absolute atomic E-state index is 14.0. The predicted octanol–water partition coefficient (Wildman–Crippen LogP) is 7.62. The first-order valence-corrected chi connectivity index (χ1v) is 14.9. The smallest absolute Gasteiger partial charge is 0.416 e. The number of nitrogens with zero attached hydrogens (tertiary/aromatic N) is 3. The third-order valence-electron chi connectivity index (χ3n) is 9.17. The molecule has 13 heteroatoms. The van der Waals surface area contributed by atoms with Crippen molar-refractivity contribution in [3.8, 4) is 0 Å². The van der Waals surface area contributed by atoms with E-state index in [-0.39, 0.29) is 30.1 Å². The van der Waals surface area contributed by atoms with Gasteiger partial charge in [0.25, 0.3) is 0 Å². The van der Waals surface area contributed by atoms with E-state index in [1.54, 1.807) is 17.9 Å². The van der Waals surface area contributed by atoms with Gasteiger partial charge in [0.15, 0.2) is 0 Å². The lowest BCUT2D eigenvalue weighted by atomic mass is 9.81. The van der Waals surface area contributed by atoms with E-state index in [1.165, 1.54) is 33.2 Å². The van der Waals surface area contributed by atoms with Crippen LogP contribution in [0.4, 0.5) is 35.5 Å². The Morgan fingerprint density at radius 3 is 2.09 bits per heavy atom. The van der Waals surface area contributed by atoms with Crippen LogP contribution >= 0.6 is 0 Å². The number of ether oxygens (including phenoxy) is 1. The fourth-order valence-corrected chi connectivity index (χ4v) is 6.44. The number of urea groups is 1. The largest absolute Gasteiger partial charge is 0.469 e. The number of aryl methyl sites for hydroxylation is 1. The molecule has 248 valence electrons. The Balaban J connectivity index is 1.57. The molecule has 1 saturated heterocycles. The number of carbonyl (C=O) groups is 2. The molecule has 2 aromatic rings. The van der Waals surface area contributed by atoms with Crippen molar-refractivity contribution in [2.24, 2.45) is 11.8 Å². The number of hydrogen-bond donors (Lipinski definition) is 0. The molecule has 0 N–H and O–H groups in total. The molecule has 0 radical (unpaired) electrons. The summed E-state index contributed by atoms with van der Waals surface area (Å²) in [5.41, 5.74) is -1.89. The first-order chi connectivity index (χ1) is 21.0. The van der Waals surface area contributed by atoms with E-state index in [4.69, 9.17) is 4.74 Å². The van der Waals surface area contributed by atoms with Gasteiger partial charge in [-0.05, 0) is 92.5 Å². The van der Waals surface area contributed by atoms with Crippen LogP contribution in [0.2, 0.25) is 0 Å². The highest BCUT2D eigenvalue weighted by Crippen LogP contribution is 2.39. The van der Waals surface area contributed by atoms with Crippen LogP contribution < -0.4 is 0 Å². The van der Waals surface area contributed by atoms with E-state index < -0.39 is 47.4 Å².